The van der Waals surface area contributed by atoms with Crippen LogP contribution in [0.4, 0.5) is 23.5 Å². The molecule has 1 heterocycles. The minimum Gasteiger partial charge on any atom is -0.748 e. The Morgan fingerprint density at radius 3 is 2.11 bits per heavy atom. The molecule has 0 unspecified atom stereocenters. The Hall–Kier alpha value is -0.890. The van der Waals surface area contributed by atoms with Crippen molar-refractivity contribution in [2.75, 3.05) is 54.6 Å². The Morgan fingerprint density at radius 1 is 0.971 bits per heavy atom. The largest absolute Gasteiger partial charge is 1.00 e. The number of anilines is 4. The number of ether oxygens (including phenoxy) is 1. The molecule has 2 aromatic rings. The summed E-state index contributed by atoms with van der Waals surface area (Å²) in [5.41, 5.74) is 0.296. The predicted octanol–water partition coefficient (Wildman–Crippen LogP) is -6.45. The molecule has 0 aliphatic carbocycles. The summed E-state index contributed by atoms with van der Waals surface area (Å²) in [6.45, 7) is 3.70. The third-order valence-electron chi connectivity index (χ3n) is 3.79. The van der Waals surface area contributed by atoms with E-state index in [0.717, 1.165) is 6.07 Å². The van der Waals surface area contributed by atoms with Gasteiger partial charge in [0, 0.05) is 18.8 Å². The zero-order valence-corrected chi connectivity index (χ0v) is 24.9. The first kappa shape index (κ1) is 34.1. The van der Waals surface area contributed by atoms with Crippen LogP contribution < -0.4 is 75.1 Å². The Kier molecular flexibility index (Phi) is 15.6. The zero-order valence-electron chi connectivity index (χ0n) is 19.2. The number of nitrogens with zero attached hydrogens (tertiary/aromatic N) is 3. The normalized spacial score (nSPS) is 11.1. The number of aliphatic hydroxyl groups excluding tert-OH is 1. The Bertz CT molecular complexity index is 1190. The van der Waals surface area contributed by atoms with Gasteiger partial charge in [0.05, 0.1) is 40.6 Å². The molecule has 4 N–H and O–H groups in total. The fraction of sp³-hybridized carbons (Fsp3) is 0.353. The average Bonchev–Trinajstić information content (AvgIpc) is 2.72. The second-order valence-corrected chi connectivity index (χ2v) is 9.17. The molecule has 0 bridgehead atoms. The molecule has 14 nitrogen and oxygen atoms in total. The molecule has 35 heavy (non-hydrogen) atoms. The average molecular weight is 549 g/mol. The van der Waals surface area contributed by atoms with Crippen molar-refractivity contribution in [2.45, 2.75) is 4.90 Å². The fourth-order valence-electron chi connectivity index (χ4n) is 2.41. The first-order valence-electron chi connectivity index (χ1n) is 9.37. The molecule has 0 fully saturated rings. The van der Waals surface area contributed by atoms with Crippen molar-refractivity contribution in [3.05, 3.63) is 30.3 Å². The van der Waals surface area contributed by atoms with Crippen molar-refractivity contribution < 1.29 is 94.9 Å². The van der Waals surface area contributed by atoms with Gasteiger partial charge in [-0.1, -0.05) is 18.7 Å². The maximum absolute atomic E-state index is 11.5. The van der Waals surface area contributed by atoms with Gasteiger partial charge in [-0.15, -0.1) is 0 Å². The Balaban J connectivity index is 0.00000578. The van der Waals surface area contributed by atoms with Crippen molar-refractivity contribution in [3.63, 3.8) is 0 Å². The number of hydrogen-bond donors (Lipinski definition) is 4. The molecule has 1 aromatic heterocycles. The minimum absolute atomic E-state index is 0. The Labute approximate surface area is 247 Å². The molecule has 0 spiro atoms. The van der Waals surface area contributed by atoms with Gasteiger partial charge in [0.1, 0.15) is 10.1 Å². The van der Waals surface area contributed by atoms with Gasteiger partial charge in [0.2, 0.25) is 17.8 Å². The molecule has 1 aromatic carbocycles. The number of hydrogen-bond acceptors (Lipinski definition) is 14. The summed E-state index contributed by atoms with van der Waals surface area (Å²) in [7, 11) is -9.24. The fourth-order valence-corrected chi connectivity index (χ4v) is 3.47. The quantitative estimate of drug-likeness (QED) is 0.0980. The molecular formula is C17H22N6Na2O8S2. The van der Waals surface area contributed by atoms with E-state index in [1.54, 1.807) is 0 Å². The zero-order chi connectivity index (χ0) is 24.5. The monoisotopic (exact) mass is 548 g/mol. The van der Waals surface area contributed by atoms with Crippen LogP contribution in [0.15, 0.2) is 29.7 Å². The van der Waals surface area contributed by atoms with Gasteiger partial charge in [-0.3, -0.25) is 0 Å². The van der Waals surface area contributed by atoms with Crippen LogP contribution in [0, 0.1) is 0 Å². The third-order valence-corrected chi connectivity index (χ3v) is 5.39. The molecule has 0 saturated heterocycles. The van der Waals surface area contributed by atoms with E-state index in [4.69, 9.17) is 9.84 Å². The summed E-state index contributed by atoms with van der Waals surface area (Å²) < 4.78 is 72.1. The third kappa shape index (κ3) is 12.8. The molecule has 0 saturated carbocycles. The number of nitrogens with one attached hydrogen (secondary N) is 3. The van der Waals surface area contributed by atoms with Crippen LogP contribution >= 0.6 is 0 Å². The van der Waals surface area contributed by atoms with Crippen LogP contribution in [-0.2, 0) is 25.0 Å². The van der Waals surface area contributed by atoms with Crippen molar-refractivity contribution >= 4 is 49.8 Å². The summed E-state index contributed by atoms with van der Waals surface area (Å²) in [6, 6.07) is 3.94. The van der Waals surface area contributed by atoms with Gasteiger partial charge in [0.25, 0.3) is 0 Å². The molecule has 0 atom stereocenters. The van der Waals surface area contributed by atoms with Gasteiger partial charge >= 0.3 is 59.1 Å². The smallest absolute Gasteiger partial charge is 0.748 e. The molecule has 0 amide bonds. The second kappa shape index (κ2) is 16.1. The van der Waals surface area contributed by atoms with Crippen LogP contribution in [0.25, 0.3) is 6.08 Å². The number of rotatable bonds is 14. The van der Waals surface area contributed by atoms with Gasteiger partial charge in [-0.25, -0.2) is 16.8 Å². The molecule has 2 rings (SSSR count). The molecular weight excluding hydrogens is 526 g/mol. The first-order valence-corrected chi connectivity index (χ1v) is 12.4. The summed E-state index contributed by atoms with van der Waals surface area (Å²) in [6.07, 6.45) is 1.23. The van der Waals surface area contributed by atoms with Crippen molar-refractivity contribution in [2.24, 2.45) is 0 Å². The van der Waals surface area contributed by atoms with E-state index in [1.807, 2.05) is 0 Å². The number of benzene rings is 1. The second-order valence-electron chi connectivity index (χ2n) is 6.29. The van der Waals surface area contributed by atoms with Crippen LogP contribution in [0.1, 0.15) is 5.56 Å². The van der Waals surface area contributed by atoms with Gasteiger partial charge < -0.3 is 34.9 Å². The molecule has 0 radical (unpaired) electrons. The van der Waals surface area contributed by atoms with Crippen LogP contribution in [0.5, 0.6) is 0 Å². The summed E-state index contributed by atoms with van der Waals surface area (Å²) in [4.78, 5) is 11.7. The van der Waals surface area contributed by atoms with E-state index in [1.165, 1.54) is 18.2 Å². The van der Waals surface area contributed by atoms with Gasteiger partial charge in [-0.2, -0.15) is 15.0 Å². The van der Waals surface area contributed by atoms with Crippen LogP contribution in [0.2, 0.25) is 0 Å². The van der Waals surface area contributed by atoms with Crippen molar-refractivity contribution in [1.82, 2.24) is 15.0 Å². The van der Waals surface area contributed by atoms with E-state index in [-0.39, 0.29) is 121 Å². The standard InChI is InChI=1S/C17H24N6O8S2.2Na/c1-2-12-3-4-13(11-14(12)33(28,29)30)20-17-22-15(18-5-8-31-9-7-24)21-16(23-17)19-6-10-32(25,26)27;;/h2-4,11,24H,1,5-10H2,(H,25,26,27)(H,28,29,30)(H3,18,19,20,21,22,23);;/q;2*+1/p-2. The molecule has 0 aliphatic heterocycles. The number of aliphatic hydroxyl groups is 1. The maximum atomic E-state index is 11.5. The summed E-state index contributed by atoms with van der Waals surface area (Å²) >= 11 is 0. The topological polar surface area (TPSA) is 219 Å². The van der Waals surface area contributed by atoms with Crippen LogP contribution in [0.3, 0.4) is 0 Å². The predicted molar refractivity (Wildman–Crippen MR) is 117 cm³/mol. The van der Waals surface area contributed by atoms with E-state index < -0.39 is 30.9 Å². The summed E-state index contributed by atoms with van der Waals surface area (Å²) in [5.74, 6) is -0.800. The van der Waals surface area contributed by atoms with Gasteiger partial charge in [-0.05, 0) is 17.7 Å². The van der Waals surface area contributed by atoms with E-state index in [2.05, 4.69) is 37.5 Å². The number of aromatic nitrogens is 3. The van der Waals surface area contributed by atoms with Gasteiger partial charge in [0.15, 0.2) is 0 Å². The first-order chi connectivity index (χ1) is 15.5. The van der Waals surface area contributed by atoms with Crippen molar-refractivity contribution in [1.29, 1.82) is 0 Å². The SMILES string of the molecule is C=Cc1ccc(Nc2nc(NCCOCCO)nc(NCCS(=O)(=O)[O-])n2)cc1S(=O)(=O)[O-].[Na+].[Na+]. The summed E-state index contributed by atoms with van der Waals surface area (Å²) in [5, 5.41) is 16.9. The van der Waals surface area contributed by atoms with Crippen LogP contribution in [-0.4, -0.2) is 84.7 Å². The molecule has 0 aliphatic rings. The Morgan fingerprint density at radius 2 is 1.57 bits per heavy atom. The van der Waals surface area contributed by atoms with E-state index >= 15 is 0 Å². The van der Waals surface area contributed by atoms with E-state index in [9.17, 15) is 25.9 Å². The minimum atomic E-state index is -4.78. The molecule has 182 valence electrons. The molecule has 18 heteroatoms. The van der Waals surface area contributed by atoms with Crippen molar-refractivity contribution in [3.8, 4) is 0 Å². The van der Waals surface area contributed by atoms with E-state index in [0.29, 0.717) is 0 Å². The maximum Gasteiger partial charge on any atom is 1.00 e.